The van der Waals surface area contributed by atoms with E-state index in [0.717, 1.165) is 12.8 Å². The third kappa shape index (κ3) is 9.10. The lowest BCUT2D eigenvalue weighted by molar-refractivity contribution is 0.0215. The highest BCUT2D eigenvalue weighted by atomic mass is 16.6. The molecule has 1 heterocycles. The molecule has 1 saturated heterocycles. The van der Waals surface area contributed by atoms with Gasteiger partial charge in [-0.1, -0.05) is 0 Å². The lowest BCUT2D eigenvalue weighted by Crippen LogP contribution is -2.46. The van der Waals surface area contributed by atoms with Gasteiger partial charge in [0.2, 0.25) is 0 Å². The van der Waals surface area contributed by atoms with E-state index in [-0.39, 0.29) is 6.04 Å². The first-order chi connectivity index (χ1) is 10.7. The lowest BCUT2D eigenvalue weighted by Gasteiger charge is -2.25. The summed E-state index contributed by atoms with van der Waals surface area (Å²) in [5, 5.41) is 16.3. The normalized spacial score (nSPS) is 22.8. The quantitative estimate of drug-likeness (QED) is 0.547. The van der Waals surface area contributed by atoms with Crippen molar-refractivity contribution in [2.24, 2.45) is 0 Å². The Morgan fingerprint density at radius 1 is 1.43 bits per heavy atom. The molecular weight excluding hydrogens is 300 g/mol. The molecule has 2 unspecified atom stereocenters. The fourth-order valence-electron chi connectivity index (χ4n) is 2.37. The van der Waals surface area contributed by atoms with Gasteiger partial charge in [-0.3, -0.25) is 0 Å². The molecule has 0 aromatic carbocycles. The molecule has 3 N–H and O–H groups in total. The average molecular weight is 332 g/mol. The monoisotopic (exact) mass is 332 g/mol. The predicted octanol–water partition coefficient (Wildman–Crippen LogP) is 1.05. The summed E-state index contributed by atoms with van der Waals surface area (Å²) >= 11 is 0. The minimum absolute atomic E-state index is 0.130. The Kier molecular flexibility index (Phi) is 8.25. The Morgan fingerprint density at radius 3 is 2.74 bits per heavy atom. The second-order valence-electron chi connectivity index (χ2n) is 7.13. The van der Waals surface area contributed by atoms with Crippen molar-refractivity contribution in [1.82, 2.24) is 10.6 Å². The molecule has 23 heavy (non-hydrogen) atoms. The van der Waals surface area contributed by atoms with Crippen LogP contribution in [0.25, 0.3) is 0 Å². The van der Waals surface area contributed by atoms with Crippen molar-refractivity contribution in [3.63, 3.8) is 0 Å². The molecule has 1 rings (SSSR count). The molecule has 7 heteroatoms. The van der Waals surface area contributed by atoms with Crippen LogP contribution in [0, 0.1) is 0 Å². The predicted molar refractivity (Wildman–Crippen MR) is 87.5 cm³/mol. The summed E-state index contributed by atoms with van der Waals surface area (Å²) in [6.45, 7) is 8.08. The zero-order chi connectivity index (χ0) is 17.3. The number of nitrogens with one attached hydrogen (secondary N) is 2. The topological polar surface area (TPSA) is 89.1 Å². The van der Waals surface area contributed by atoms with E-state index in [0.29, 0.717) is 39.3 Å². The van der Waals surface area contributed by atoms with Crippen LogP contribution in [0.15, 0.2) is 0 Å². The van der Waals surface area contributed by atoms with E-state index < -0.39 is 17.3 Å². The number of hydrogen-bond donors (Lipinski definition) is 3. The summed E-state index contributed by atoms with van der Waals surface area (Å²) in [5.74, 6) is 0. The van der Waals surface area contributed by atoms with Gasteiger partial charge in [0.15, 0.2) is 0 Å². The number of amides is 1. The number of alkyl carbamates (subject to hydrolysis) is 1. The van der Waals surface area contributed by atoms with Crippen LogP contribution < -0.4 is 10.6 Å². The molecule has 0 saturated carbocycles. The zero-order valence-corrected chi connectivity index (χ0v) is 14.8. The van der Waals surface area contributed by atoms with Crippen LogP contribution >= 0.6 is 0 Å². The Bertz CT molecular complexity index is 351. The van der Waals surface area contributed by atoms with Gasteiger partial charge in [0.1, 0.15) is 11.2 Å². The Hall–Kier alpha value is -0.890. The SMILES string of the molecule is COCC(CCCNC(=O)OC(C)(C)C)NCC1(O)CCOC1. The van der Waals surface area contributed by atoms with Crippen molar-refractivity contribution in [3.8, 4) is 0 Å². The molecule has 1 fully saturated rings. The summed E-state index contributed by atoms with van der Waals surface area (Å²) in [6, 6.07) is 0.130. The van der Waals surface area contributed by atoms with Crippen LogP contribution in [0.2, 0.25) is 0 Å². The fourth-order valence-corrected chi connectivity index (χ4v) is 2.37. The summed E-state index contributed by atoms with van der Waals surface area (Å²) in [6.07, 6.45) is 1.89. The third-order valence-corrected chi connectivity index (χ3v) is 3.57. The van der Waals surface area contributed by atoms with E-state index in [1.165, 1.54) is 0 Å². The van der Waals surface area contributed by atoms with Crippen LogP contribution in [0.3, 0.4) is 0 Å². The highest BCUT2D eigenvalue weighted by molar-refractivity contribution is 5.67. The van der Waals surface area contributed by atoms with Crippen molar-refractivity contribution in [3.05, 3.63) is 0 Å². The van der Waals surface area contributed by atoms with E-state index in [4.69, 9.17) is 14.2 Å². The molecule has 1 aliphatic heterocycles. The van der Waals surface area contributed by atoms with Crippen molar-refractivity contribution in [2.75, 3.05) is 40.0 Å². The molecule has 7 nitrogen and oxygen atoms in total. The molecule has 0 aromatic rings. The maximum absolute atomic E-state index is 11.6. The number of methoxy groups -OCH3 is 1. The first-order valence-corrected chi connectivity index (χ1v) is 8.23. The number of aliphatic hydroxyl groups is 1. The molecule has 136 valence electrons. The van der Waals surface area contributed by atoms with Gasteiger partial charge in [-0.15, -0.1) is 0 Å². The van der Waals surface area contributed by atoms with Crippen LogP contribution in [0.1, 0.15) is 40.0 Å². The highest BCUT2D eigenvalue weighted by Crippen LogP contribution is 2.17. The largest absolute Gasteiger partial charge is 0.444 e. The molecule has 0 aromatic heterocycles. The maximum atomic E-state index is 11.6. The average Bonchev–Trinajstić information content (AvgIpc) is 2.86. The van der Waals surface area contributed by atoms with E-state index in [1.54, 1.807) is 7.11 Å². The van der Waals surface area contributed by atoms with Crippen LogP contribution in [-0.2, 0) is 14.2 Å². The Labute approximate surface area is 139 Å². The van der Waals surface area contributed by atoms with Gasteiger partial charge >= 0.3 is 6.09 Å². The standard InChI is InChI=1S/C16H32N2O5/c1-15(2,3)23-14(19)17-8-5-6-13(10-21-4)18-11-16(20)7-9-22-12-16/h13,18,20H,5-12H2,1-4H3,(H,17,19). The number of ether oxygens (including phenoxy) is 3. The van der Waals surface area contributed by atoms with Gasteiger partial charge in [-0.2, -0.15) is 0 Å². The fraction of sp³-hybridized carbons (Fsp3) is 0.938. The lowest BCUT2D eigenvalue weighted by atomic mass is 10.0. The van der Waals surface area contributed by atoms with Crippen LogP contribution in [0.5, 0.6) is 0 Å². The summed E-state index contributed by atoms with van der Waals surface area (Å²) in [7, 11) is 1.65. The highest BCUT2D eigenvalue weighted by Gasteiger charge is 2.32. The van der Waals surface area contributed by atoms with Crippen molar-refractivity contribution < 1.29 is 24.1 Å². The van der Waals surface area contributed by atoms with Gasteiger partial charge in [-0.25, -0.2) is 4.79 Å². The summed E-state index contributed by atoms with van der Waals surface area (Å²) in [4.78, 5) is 11.6. The van der Waals surface area contributed by atoms with Crippen LogP contribution in [0.4, 0.5) is 4.79 Å². The maximum Gasteiger partial charge on any atom is 0.407 e. The first kappa shape index (κ1) is 20.2. The molecule has 0 spiro atoms. The van der Waals surface area contributed by atoms with Gasteiger partial charge in [0.25, 0.3) is 0 Å². The zero-order valence-electron chi connectivity index (χ0n) is 14.8. The third-order valence-electron chi connectivity index (χ3n) is 3.57. The second-order valence-corrected chi connectivity index (χ2v) is 7.13. The van der Waals surface area contributed by atoms with Crippen molar-refractivity contribution in [1.29, 1.82) is 0 Å². The molecule has 2 atom stereocenters. The summed E-state index contributed by atoms with van der Waals surface area (Å²) in [5.41, 5.74) is -1.26. The van der Waals surface area contributed by atoms with E-state index in [1.807, 2.05) is 20.8 Å². The number of carbonyl (C=O) groups excluding carboxylic acids is 1. The first-order valence-electron chi connectivity index (χ1n) is 8.23. The smallest absolute Gasteiger partial charge is 0.407 e. The molecule has 0 aliphatic carbocycles. The van der Waals surface area contributed by atoms with Crippen LogP contribution in [-0.4, -0.2) is 68.5 Å². The Morgan fingerprint density at radius 2 is 2.17 bits per heavy atom. The van der Waals surface area contributed by atoms with E-state index in [2.05, 4.69) is 10.6 Å². The molecule has 0 bridgehead atoms. The second kappa shape index (κ2) is 9.42. The number of carbonyl (C=O) groups is 1. The minimum Gasteiger partial charge on any atom is -0.444 e. The molecular formula is C16H32N2O5. The van der Waals surface area contributed by atoms with Gasteiger partial charge in [-0.05, 0) is 33.6 Å². The number of hydrogen-bond acceptors (Lipinski definition) is 6. The van der Waals surface area contributed by atoms with E-state index >= 15 is 0 Å². The van der Waals surface area contributed by atoms with E-state index in [9.17, 15) is 9.90 Å². The minimum atomic E-state index is -0.777. The molecule has 1 aliphatic rings. The van der Waals surface area contributed by atoms with Gasteiger partial charge in [0.05, 0.1) is 13.2 Å². The van der Waals surface area contributed by atoms with Gasteiger partial charge in [0, 0.05) is 39.3 Å². The molecule has 1 amide bonds. The Balaban J connectivity index is 2.21. The van der Waals surface area contributed by atoms with Crippen molar-refractivity contribution >= 4 is 6.09 Å². The molecule has 0 radical (unpaired) electrons. The summed E-state index contributed by atoms with van der Waals surface area (Å²) < 4.78 is 15.6. The van der Waals surface area contributed by atoms with Crippen molar-refractivity contribution in [2.45, 2.75) is 57.3 Å². The van der Waals surface area contributed by atoms with Gasteiger partial charge < -0.3 is 30.0 Å². The number of rotatable bonds is 9.